The predicted molar refractivity (Wildman–Crippen MR) is 105 cm³/mol. The Morgan fingerprint density at radius 3 is 2.68 bits per heavy atom. The molecule has 4 rings (SSSR count). The molecule has 7 nitrogen and oxygen atoms in total. The van der Waals surface area contributed by atoms with Crippen molar-refractivity contribution in [3.05, 3.63) is 35.7 Å². The molecule has 2 heterocycles. The lowest BCUT2D eigenvalue weighted by molar-refractivity contribution is 0.0784. The summed E-state index contributed by atoms with van der Waals surface area (Å²) in [7, 11) is 3.33. The predicted octanol–water partition coefficient (Wildman–Crippen LogP) is 3.43. The Labute approximate surface area is 165 Å². The van der Waals surface area contributed by atoms with Crippen molar-refractivity contribution in [2.75, 3.05) is 27.3 Å². The summed E-state index contributed by atoms with van der Waals surface area (Å²) in [4.78, 5) is 14.8. The molecule has 0 radical (unpaired) electrons. The summed E-state index contributed by atoms with van der Waals surface area (Å²) in [5.74, 6) is 1.83. The number of likely N-dealkylation sites (tertiary alicyclic amines) is 1. The van der Waals surface area contributed by atoms with Crippen LogP contribution in [0.25, 0.3) is 0 Å². The minimum atomic E-state index is -0.0357. The van der Waals surface area contributed by atoms with Crippen molar-refractivity contribution in [1.82, 2.24) is 19.9 Å². The Bertz CT molecular complexity index is 829. The molecule has 2 aromatic rings. The second kappa shape index (κ2) is 8.20. The number of hydrogen-bond donors (Lipinski definition) is 0. The Hall–Kier alpha value is -2.57. The van der Waals surface area contributed by atoms with Gasteiger partial charge in [-0.15, -0.1) is 5.10 Å². The molecule has 1 amide bonds. The standard InChI is InChI=1S/C21H28N4O3/c1-27-17-8-9-20(28-2)18(12-17)15-10-11-24(13-15)21(26)19-14-25(23-22-19)16-6-4-3-5-7-16/h8-9,12,14-16H,3-7,10-11,13H2,1-2H3/t15-/m1/s1. The molecule has 28 heavy (non-hydrogen) atoms. The van der Waals surface area contributed by atoms with Gasteiger partial charge in [0.2, 0.25) is 0 Å². The first kappa shape index (κ1) is 18.8. The van der Waals surface area contributed by atoms with Crippen molar-refractivity contribution in [2.45, 2.75) is 50.5 Å². The summed E-state index contributed by atoms with van der Waals surface area (Å²) in [6.07, 6.45) is 8.72. The number of methoxy groups -OCH3 is 2. The number of carbonyl (C=O) groups excluding carboxylic acids is 1. The number of nitrogens with zero attached hydrogens (tertiary/aromatic N) is 4. The van der Waals surface area contributed by atoms with Gasteiger partial charge in [0.25, 0.3) is 5.91 Å². The molecule has 0 bridgehead atoms. The maximum absolute atomic E-state index is 13.0. The zero-order valence-corrected chi connectivity index (χ0v) is 16.6. The largest absolute Gasteiger partial charge is 0.497 e. The van der Waals surface area contributed by atoms with Gasteiger partial charge in [-0.2, -0.15) is 0 Å². The molecule has 1 aliphatic heterocycles. The molecule has 0 spiro atoms. The van der Waals surface area contributed by atoms with Crippen molar-refractivity contribution in [3.8, 4) is 11.5 Å². The Kier molecular flexibility index (Phi) is 5.50. The van der Waals surface area contributed by atoms with E-state index in [0.29, 0.717) is 24.8 Å². The third-order valence-electron chi connectivity index (χ3n) is 6.03. The molecule has 2 aliphatic rings. The van der Waals surface area contributed by atoms with E-state index in [0.717, 1.165) is 36.3 Å². The van der Waals surface area contributed by atoms with Crippen LogP contribution in [-0.2, 0) is 0 Å². The van der Waals surface area contributed by atoms with E-state index in [9.17, 15) is 4.79 Å². The molecule has 2 fully saturated rings. The van der Waals surface area contributed by atoms with Gasteiger partial charge in [0.05, 0.1) is 26.5 Å². The highest BCUT2D eigenvalue weighted by Crippen LogP contribution is 2.36. The number of aromatic nitrogens is 3. The van der Waals surface area contributed by atoms with E-state index < -0.39 is 0 Å². The fraction of sp³-hybridized carbons (Fsp3) is 0.571. The Balaban J connectivity index is 1.46. The molecular formula is C21H28N4O3. The van der Waals surface area contributed by atoms with Crippen LogP contribution in [0.3, 0.4) is 0 Å². The van der Waals surface area contributed by atoms with Crippen LogP contribution in [0.5, 0.6) is 11.5 Å². The summed E-state index contributed by atoms with van der Waals surface area (Å²) < 4.78 is 12.8. The highest BCUT2D eigenvalue weighted by Gasteiger charge is 2.31. The lowest BCUT2D eigenvalue weighted by Crippen LogP contribution is -2.28. The van der Waals surface area contributed by atoms with E-state index in [1.54, 1.807) is 14.2 Å². The quantitative estimate of drug-likeness (QED) is 0.790. The van der Waals surface area contributed by atoms with Crippen molar-refractivity contribution in [2.24, 2.45) is 0 Å². The number of amides is 1. The summed E-state index contributed by atoms with van der Waals surface area (Å²) in [5, 5.41) is 8.41. The van der Waals surface area contributed by atoms with Crippen LogP contribution < -0.4 is 9.47 Å². The highest BCUT2D eigenvalue weighted by atomic mass is 16.5. The fourth-order valence-corrected chi connectivity index (χ4v) is 4.42. The topological polar surface area (TPSA) is 69.5 Å². The zero-order chi connectivity index (χ0) is 19.5. The number of ether oxygens (including phenoxy) is 2. The third-order valence-corrected chi connectivity index (χ3v) is 6.03. The number of benzene rings is 1. The van der Waals surface area contributed by atoms with E-state index in [4.69, 9.17) is 9.47 Å². The summed E-state index contributed by atoms with van der Waals surface area (Å²) in [6.45, 7) is 1.36. The van der Waals surface area contributed by atoms with E-state index in [2.05, 4.69) is 10.3 Å². The molecule has 1 aliphatic carbocycles. The molecule has 1 aromatic carbocycles. The fourth-order valence-electron chi connectivity index (χ4n) is 4.42. The van der Waals surface area contributed by atoms with Crippen molar-refractivity contribution >= 4 is 5.91 Å². The molecule has 0 N–H and O–H groups in total. The van der Waals surface area contributed by atoms with Crippen LogP contribution in [0.2, 0.25) is 0 Å². The van der Waals surface area contributed by atoms with E-state index in [1.807, 2.05) is 34.0 Å². The molecule has 0 unspecified atom stereocenters. The first-order valence-electron chi connectivity index (χ1n) is 10.1. The van der Waals surface area contributed by atoms with Gasteiger partial charge in [0.15, 0.2) is 5.69 Å². The van der Waals surface area contributed by atoms with Crippen LogP contribution in [0.4, 0.5) is 0 Å². The van der Waals surface area contributed by atoms with Gasteiger partial charge in [0.1, 0.15) is 11.5 Å². The van der Waals surface area contributed by atoms with E-state index in [-0.39, 0.29) is 11.8 Å². The molecular weight excluding hydrogens is 356 g/mol. The smallest absolute Gasteiger partial charge is 0.276 e. The van der Waals surface area contributed by atoms with Gasteiger partial charge in [-0.25, -0.2) is 4.68 Å². The summed E-state index contributed by atoms with van der Waals surface area (Å²) >= 11 is 0. The van der Waals surface area contributed by atoms with Crippen molar-refractivity contribution in [3.63, 3.8) is 0 Å². The number of hydrogen-bond acceptors (Lipinski definition) is 5. The molecule has 1 saturated carbocycles. The zero-order valence-electron chi connectivity index (χ0n) is 16.6. The van der Waals surface area contributed by atoms with Gasteiger partial charge in [-0.1, -0.05) is 24.5 Å². The molecule has 1 aromatic heterocycles. The molecule has 7 heteroatoms. The second-order valence-electron chi connectivity index (χ2n) is 7.72. The van der Waals surface area contributed by atoms with Crippen molar-refractivity contribution in [1.29, 1.82) is 0 Å². The Morgan fingerprint density at radius 1 is 1.11 bits per heavy atom. The minimum Gasteiger partial charge on any atom is -0.497 e. The Morgan fingerprint density at radius 2 is 1.93 bits per heavy atom. The van der Waals surface area contributed by atoms with Crippen LogP contribution in [-0.4, -0.2) is 53.1 Å². The average Bonchev–Trinajstić information content (AvgIpc) is 3.43. The monoisotopic (exact) mass is 384 g/mol. The van der Waals surface area contributed by atoms with Crippen molar-refractivity contribution < 1.29 is 14.3 Å². The van der Waals surface area contributed by atoms with Crippen LogP contribution in [0.15, 0.2) is 24.4 Å². The maximum Gasteiger partial charge on any atom is 0.276 e. The second-order valence-corrected chi connectivity index (χ2v) is 7.72. The minimum absolute atomic E-state index is 0.0357. The van der Waals surface area contributed by atoms with Crippen LogP contribution >= 0.6 is 0 Å². The first-order chi connectivity index (χ1) is 13.7. The number of carbonyl (C=O) groups is 1. The van der Waals surface area contributed by atoms with E-state index in [1.165, 1.54) is 19.3 Å². The van der Waals surface area contributed by atoms with Crippen LogP contribution in [0.1, 0.15) is 66.5 Å². The highest BCUT2D eigenvalue weighted by molar-refractivity contribution is 5.92. The summed E-state index contributed by atoms with van der Waals surface area (Å²) in [5.41, 5.74) is 1.53. The van der Waals surface area contributed by atoms with Gasteiger partial charge < -0.3 is 14.4 Å². The van der Waals surface area contributed by atoms with Gasteiger partial charge in [0, 0.05) is 24.6 Å². The maximum atomic E-state index is 13.0. The first-order valence-corrected chi connectivity index (χ1v) is 10.1. The van der Waals surface area contributed by atoms with Gasteiger partial charge in [-0.05, 0) is 37.5 Å². The normalized spacial score (nSPS) is 20.4. The van der Waals surface area contributed by atoms with Crippen LogP contribution in [0, 0.1) is 0 Å². The van der Waals surface area contributed by atoms with Gasteiger partial charge >= 0.3 is 0 Å². The lowest BCUT2D eigenvalue weighted by atomic mass is 9.96. The average molecular weight is 384 g/mol. The molecule has 150 valence electrons. The lowest BCUT2D eigenvalue weighted by Gasteiger charge is -2.21. The third kappa shape index (κ3) is 3.70. The number of rotatable bonds is 5. The molecule has 1 saturated heterocycles. The van der Waals surface area contributed by atoms with E-state index >= 15 is 0 Å². The molecule has 1 atom stereocenters. The summed E-state index contributed by atoms with van der Waals surface area (Å²) in [6, 6.07) is 6.21. The van der Waals surface area contributed by atoms with Gasteiger partial charge in [-0.3, -0.25) is 4.79 Å². The SMILES string of the molecule is COc1ccc(OC)c([C@@H]2CCN(C(=O)c3cn(C4CCCCC4)nn3)C2)c1.